The number of hydrogen-bond acceptors (Lipinski definition) is 6. The van der Waals surface area contributed by atoms with Gasteiger partial charge in [-0.1, -0.05) is 17.7 Å². The summed E-state index contributed by atoms with van der Waals surface area (Å²) in [5, 5.41) is 1.32. The highest BCUT2D eigenvalue weighted by Gasteiger charge is 2.33. The standard InChI is InChI=1S/C27H33ClN6O3/c1-18-15-32(26(36)37-27(2,3)4)12-13-33(18)23-22-21(25(35)31-10-5-6-11-31)16-34(24(22)30-17-29-23)20-9-7-8-19(28)14-20/h7-9,14,16-18H,5-6,10-13,15H2,1-4H3. The molecule has 4 heterocycles. The molecule has 2 fully saturated rings. The van der Waals surface area contributed by atoms with Gasteiger partial charge in [-0.3, -0.25) is 4.79 Å². The number of amides is 2. The highest BCUT2D eigenvalue weighted by atomic mass is 35.5. The molecule has 0 radical (unpaired) electrons. The SMILES string of the molecule is CC1CN(C(=O)OC(C)(C)C)CCN1c1ncnc2c1c(C(=O)N1CCCC1)cn2-c1cccc(Cl)c1. The molecule has 1 atom stereocenters. The quantitative estimate of drug-likeness (QED) is 0.491. The van der Waals surface area contributed by atoms with Gasteiger partial charge in [0.25, 0.3) is 5.91 Å². The molecule has 2 amide bonds. The van der Waals surface area contributed by atoms with Crippen LogP contribution in [-0.4, -0.2) is 80.7 Å². The molecule has 0 N–H and O–H groups in total. The number of piperazine rings is 1. The molecule has 10 heteroatoms. The zero-order valence-electron chi connectivity index (χ0n) is 21.8. The minimum absolute atomic E-state index is 0.0145. The third-order valence-electron chi connectivity index (χ3n) is 6.82. The predicted molar refractivity (Wildman–Crippen MR) is 144 cm³/mol. The summed E-state index contributed by atoms with van der Waals surface area (Å²) >= 11 is 6.30. The average Bonchev–Trinajstić information content (AvgIpc) is 3.51. The van der Waals surface area contributed by atoms with Gasteiger partial charge in [-0.2, -0.15) is 0 Å². The van der Waals surface area contributed by atoms with E-state index in [4.69, 9.17) is 16.3 Å². The molecule has 2 aromatic heterocycles. The summed E-state index contributed by atoms with van der Waals surface area (Å²) in [7, 11) is 0. The molecule has 0 spiro atoms. The minimum atomic E-state index is -0.551. The molecule has 2 aliphatic heterocycles. The van der Waals surface area contributed by atoms with Crippen LogP contribution in [0.1, 0.15) is 50.9 Å². The third-order valence-corrected chi connectivity index (χ3v) is 7.06. The average molecular weight is 525 g/mol. The second-order valence-electron chi connectivity index (χ2n) is 10.8. The fourth-order valence-electron chi connectivity index (χ4n) is 5.10. The normalized spacial score (nSPS) is 18.5. The Bertz CT molecular complexity index is 1330. The lowest BCUT2D eigenvalue weighted by atomic mass is 10.1. The van der Waals surface area contributed by atoms with E-state index in [1.165, 1.54) is 6.33 Å². The number of nitrogens with zero attached hydrogens (tertiary/aromatic N) is 6. The number of rotatable bonds is 3. The van der Waals surface area contributed by atoms with Gasteiger partial charge in [0.15, 0.2) is 5.65 Å². The van der Waals surface area contributed by atoms with Crippen LogP contribution in [0.3, 0.4) is 0 Å². The second kappa shape index (κ2) is 9.85. The largest absolute Gasteiger partial charge is 0.444 e. The van der Waals surface area contributed by atoms with Gasteiger partial charge in [0.05, 0.1) is 10.9 Å². The number of hydrogen-bond donors (Lipinski definition) is 0. The first kappa shape index (κ1) is 25.3. The molecule has 0 bridgehead atoms. The lowest BCUT2D eigenvalue weighted by molar-refractivity contribution is 0.0218. The Hall–Kier alpha value is -3.33. The van der Waals surface area contributed by atoms with E-state index in [0.717, 1.165) is 37.0 Å². The first-order valence-electron chi connectivity index (χ1n) is 12.8. The van der Waals surface area contributed by atoms with Crippen LogP contribution < -0.4 is 4.90 Å². The second-order valence-corrected chi connectivity index (χ2v) is 11.2. The lowest BCUT2D eigenvalue weighted by Gasteiger charge is -2.41. The molecule has 37 heavy (non-hydrogen) atoms. The highest BCUT2D eigenvalue weighted by molar-refractivity contribution is 6.30. The first-order valence-corrected chi connectivity index (χ1v) is 13.2. The van der Waals surface area contributed by atoms with Crippen molar-refractivity contribution in [3.63, 3.8) is 0 Å². The summed E-state index contributed by atoms with van der Waals surface area (Å²) in [4.78, 5) is 41.5. The molecule has 2 saturated heterocycles. The summed E-state index contributed by atoms with van der Waals surface area (Å²) in [5.74, 6) is 0.684. The molecule has 1 aromatic carbocycles. The van der Waals surface area contributed by atoms with Crippen molar-refractivity contribution in [1.29, 1.82) is 0 Å². The molecule has 5 rings (SSSR count). The van der Waals surface area contributed by atoms with Gasteiger partial charge in [0.2, 0.25) is 0 Å². The Labute approximate surface area is 222 Å². The number of fused-ring (bicyclic) bond motifs is 1. The van der Waals surface area contributed by atoms with E-state index in [2.05, 4.69) is 21.8 Å². The molecular formula is C27H33ClN6O3. The third kappa shape index (κ3) is 5.09. The molecular weight excluding hydrogens is 492 g/mol. The van der Waals surface area contributed by atoms with E-state index in [0.29, 0.717) is 41.7 Å². The summed E-state index contributed by atoms with van der Waals surface area (Å²) in [6.07, 6.45) is 5.09. The van der Waals surface area contributed by atoms with Crippen LogP contribution in [0, 0.1) is 0 Å². The Morgan fingerprint density at radius 2 is 1.81 bits per heavy atom. The maximum absolute atomic E-state index is 13.7. The van der Waals surface area contributed by atoms with Crippen LogP contribution in [0.15, 0.2) is 36.8 Å². The maximum Gasteiger partial charge on any atom is 0.410 e. The molecule has 196 valence electrons. The van der Waals surface area contributed by atoms with Crippen LogP contribution in [0.4, 0.5) is 10.6 Å². The van der Waals surface area contributed by atoms with Crippen molar-refractivity contribution in [2.24, 2.45) is 0 Å². The van der Waals surface area contributed by atoms with Crippen molar-refractivity contribution >= 4 is 40.5 Å². The van der Waals surface area contributed by atoms with E-state index < -0.39 is 5.60 Å². The maximum atomic E-state index is 13.7. The number of aromatic nitrogens is 3. The molecule has 1 unspecified atom stereocenters. The molecule has 0 aliphatic carbocycles. The van der Waals surface area contributed by atoms with E-state index in [1.807, 2.05) is 60.7 Å². The first-order chi connectivity index (χ1) is 17.6. The Kier molecular flexibility index (Phi) is 6.74. The van der Waals surface area contributed by atoms with Crippen LogP contribution in [-0.2, 0) is 4.74 Å². The van der Waals surface area contributed by atoms with Crippen molar-refractivity contribution in [3.05, 3.63) is 47.4 Å². The van der Waals surface area contributed by atoms with Crippen LogP contribution in [0.5, 0.6) is 0 Å². The number of halogens is 1. The zero-order chi connectivity index (χ0) is 26.3. The van der Waals surface area contributed by atoms with Crippen LogP contribution in [0.25, 0.3) is 16.7 Å². The summed E-state index contributed by atoms with van der Waals surface area (Å²) in [5.41, 5.74) is 1.50. The number of carbonyl (C=O) groups excluding carboxylic acids is 2. The number of carbonyl (C=O) groups is 2. The summed E-state index contributed by atoms with van der Waals surface area (Å²) in [6, 6.07) is 7.46. The van der Waals surface area contributed by atoms with Gasteiger partial charge in [-0.05, 0) is 58.7 Å². The predicted octanol–water partition coefficient (Wildman–Crippen LogP) is 4.76. The van der Waals surface area contributed by atoms with E-state index in [1.54, 1.807) is 4.90 Å². The van der Waals surface area contributed by atoms with Crippen molar-refractivity contribution in [3.8, 4) is 5.69 Å². The number of likely N-dealkylation sites (tertiary alicyclic amines) is 1. The van der Waals surface area contributed by atoms with E-state index >= 15 is 0 Å². The lowest BCUT2D eigenvalue weighted by Crippen LogP contribution is -2.55. The number of anilines is 1. The van der Waals surface area contributed by atoms with Crippen molar-refractivity contribution < 1.29 is 14.3 Å². The number of ether oxygens (including phenoxy) is 1. The van der Waals surface area contributed by atoms with Crippen molar-refractivity contribution in [2.75, 3.05) is 37.6 Å². The Morgan fingerprint density at radius 3 is 2.49 bits per heavy atom. The van der Waals surface area contributed by atoms with Gasteiger partial charge >= 0.3 is 6.09 Å². The van der Waals surface area contributed by atoms with Crippen molar-refractivity contribution in [1.82, 2.24) is 24.3 Å². The fourth-order valence-corrected chi connectivity index (χ4v) is 5.29. The van der Waals surface area contributed by atoms with Gasteiger partial charge < -0.3 is 24.0 Å². The van der Waals surface area contributed by atoms with Gasteiger partial charge in [0, 0.05) is 55.7 Å². The monoisotopic (exact) mass is 524 g/mol. The van der Waals surface area contributed by atoms with Crippen LogP contribution in [0.2, 0.25) is 5.02 Å². The molecule has 3 aromatic rings. The van der Waals surface area contributed by atoms with Gasteiger partial charge in [-0.15, -0.1) is 0 Å². The van der Waals surface area contributed by atoms with E-state index in [-0.39, 0.29) is 18.0 Å². The zero-order valence-corrected chi connectivity index (χ0v) is 22.5. The molecule has 2 aliphatic rings. The molecule has 0 saturated carbocycles. The minimum Gasteiger partial charge on any atom is -0.444 e. The summed E-state index contributed by atoms with van der Waals surface area (Å²) in [6.45, 7) is 10.7. The van der Waals surface area contributed by atoms with Gasteiger partial charge in [-0.25, -0.2) is 14.8 Å². The van der Waals surface area contributed by atoms with Crippen molar-refractivity contribution in [2.45, 2.75) is 52.2 Å². The Morgan fingerprint density at radius 1 is 1.05 bits per heavy atom. The topological polar surface area (TPSA) is 83.8 Å². The van der Waals surface area contributed by atoms with Crippen LogP contribution >= 0.6 is 11.6 Å². The number of benzene rings is 1. The Balaban J connectivity index is 1.55. The highest BCUT2D eigenvalue weighted by Crippen LogP contribution is 2.34. The smallest absolute Gasteiger partial charge is 0.410 e. The fraction of sp³-hybridized carbons (Fsp3) is 0.481. The van der Waals surface area contributed by atoms with Gasteiger partial charge in [0.1, 0.15) is 17.7 Å². The molecule has 9 nitrogen and oxygen atoms in total. The summed E-state index contributed by atoms with van der Waals surface area (Å²) < 4.78 is 7.50. The van der Waals surface area contributed by atoms with E-state index in [9.17, 15) is 9.59 Å².